The molecule has 0 aromatic heterocycles. The zero-order chi connectivity index (χ0) is 21.0. The van der Waals surface area contributed by atoms with Crippen molar-refractivity contribution in [1.82, 2.24) is 5.06 Å². The van der Waals surface area contributed by atoms with E-state index < -0.39 is 32.9 Å². The maximum absolute atomic E-state index is 14.3. The number of fused-ring (bicyclic) bond motifs is 1. The Hall–Kier alpha value is -2.79. The standard InChI is InChI=1S/C18H13F4NO5S/c1-23-15(11-4-7-13-14(8-11)27-9-26-13)17(29(22,24)25)16(28-23)10-2-5-12(6-3-10)18(19,20)21/h2-8,15H,9H2,1H3. The fourth-order valence-corrected chi connectivity index (χ4v) is 4.15. The molecule has 0 saturated carbocycles. The van der Waals surface area contributed by atoms with E-state index in [1.54, 1.807) is 6.07 Å². The second-order valence-electron chi connectivity index (χ2n) is 6.36. The van der Waals surface area contributed by atoms with Crippen LogP contribution in [0.2, 0.25) is 0 Å². The Balaban J connectivity index is 1.82. The number of hydroxylamine groups is 2. The molecule has 4 rings (SSSR count). The van der Waals surface area contributed by atoms with Gasteiger partial charge in [0.15, 0.2) is 17.3 Å². The first kappa shape index (κ1) is 19.5. The van der Waals surface area contributed by atoms with Crippen molar-refractivity contribution in [2.45, 2.75) is 12.2 Å². The minimum absolute atomic E-state index is 0.00327. The highest BCUT2D eigenvalue weighted by Gasteiger charge is 2.43. The Labute approximate surface area is 163 Å². The van der Waals surface area contributed by atoms with E-state index in [0.29, 0.717) is 17.1 Å². The van der Waals surface area contributed by atoms with Crippen LogP contribution in [0.3, 0.4) is 0 Å². The van der Waals surface area contributed by atoms with Gasteiger partial charge in [-0.1, -0.05) is 18.2 Å². The molecule has 2 aromatic carbocycles. The molecular formula is C18H13F4NO5S. The van der Waals surface area contributed by atoms with Crippen LogP contribution < -0.4 is 9.47 Å². The summed E-state index contributed by atoms with van der Waals surface area (Å²) in [6.07, 6.45) is -4.57. The molecule has 2 aromatic rings. The third-order valence-corrected chi connectivity index (χ3v) is 5.45. The van der Waals surface area contributed by atoms with E-state index in [-0.39, 0.29) is 18.1 Å². The smallest absolute Gasteiger partial charge is 0.416 e. The van der Waals surface area contributed by atoms with Gasteiger partial charge in [-0.2, -0.15) is 21.6 Å². The third kappa shape index (κ3) is 3.51. The highest BCUT2D eigenvalue weighted by molar-refractivity contribution is 7.90. The molecule has 11 heteroatoms. The number of alkyl halides is 3. The number of rotatable bonds is 3. The van der Waals surface area contributed by atoms with Gasteiger partial charge in [-0.3, -0.25) is 0 Å². The van der Waals surface area contributed by atoms with E-state index in [0.717, 1.165) is 29.3 Å². The van der Waals surface area contributed by atoms with Crippen LogP contribution in [0.25, 0.3) is 5.76 Å². The Morgan fingerprint density at radius 3 is 2.31 bits per heavy atom. The maximum Gasteiger partial charge on any atom is 0.416 e. The number of benzene rings is 2. The molecule has 0 amide bonds. The summed E-state index contributed by atoms with van der Waals surface area (Å²) in [6, 6.07) is 6.98. The first-order chi connectivity index (χ1) is 13.6. The van der Waals surface area contributed by atoms with Crippen LogP contribution in [0, 0.1) is 0 Å². The van der Waals surface area contributed by atoms with Crippen molar-refractivity contribution in [1.29, 1.82) is 0 Å². The monoisotopic (exact) mass is 431 g/mol. The van der Waals surface area contributed by atoms with Gasteiger partial charge in [0.05, 0.1) is 5.56 Å². The maximum atomic E-state index is 14.3. The van der Waals surface area contributed by atoms with Crippen LogP contribution in [0.15, 0.2) is 47.4 Å². The summed E-state index contributed by atoms with van der Waals surface area (Å²) in [5.74, 6) is 0.424. The lowest BCUT2D eigenvalue weighted by Gasteiger charge is -2.19. The molecule has 1 atom stereocenters. The zero-order valence-electron chi connectivity index (χ0n) is 14.7. The number of halogens is 4. The van der Waals surface area contributed by atoms with Crippen LogP contribution in [-0.2, 0) is 21.2 Å². The summed E-state index contributed by atoms with van der Waals surface area (Å²) in [5, 5.41) is 1.11. The molecule has 0 radical (unpaired) electrons. The van der Waals surface area contributed by atoms with E-state index in [1.807, 2.05) is 0 Å². The Morgan fingerprint density at radius 2 is 1.69 bits per heavy atom. The van der Waals surface area contributed by atoms with Gasteiger partial charge in [0, 0.05) is 12.6 Å². The lowest BCUT2D eigenvalue weighted by Crippen LogP contribution is -2.20. The van der Waals surface area contributed by atoms with Crippen molar-refractivity contribution in [2.24, 2.45) is 0 Å². The van der Waals surface area contributed by atoms with E-state index in [2.05, 4.69) is 0 Å². The van der Waals surface area contributed by atoms with E-state index in [4.69, 9.17) is 14.3 Å². The Kier molecular flexibility index (Phi) is 4.46. The quantitative estimate of drug-likeness (QED) is 0.540. The highest BCUT2D eigenvalue weighted by atomic mass is 32.3. The molecule has 0 aliphatic carbocycles. The average Bonchev–Trinajstić information content (AvgIpc) is 3.24. The Bertz CT molecular complexity index is 1100. The lowest BCUT2D eigenvalue weighted by molar-refractivity contribution is -0.137. The van der Waals surface area contributed by atoms with Crippen molar-refractivity contribution < 1.29 is 39.8 Å². The van der Waals surface area contributed by atoms with Crippen molar-refractivity contribution >= 4 is 16.0 Å². The van der Waals surface area contributed by atoms with Crippen LogP contribution in [0.5, 0.6) is 11.5 Å². The van der Waals surface area contributed by atoms with Gasteiger partial charge in [-0.25, -0.2) is 0 Å². The van der Waals surface area contributed by atoms with E-state index in [9.17, 15) is 25.5 Å². The van der Waals surface area contributed by atoms with Gasteiger partial charge in [-0.15, -0.1) is 8.95 Å². The number of nitrogens with zero attached hydrogens (tertiary/aromatic N) is 1. The first-order valence-electron chi connectivity index (χ1n) is 8.22. The molecule has 6 nitrogen and oxygen atoms in total. The molecular weight excluding hydrogens is 418 g/mol. The van der Waals surface area contributed by atoms with E-state index >= 15 is 0 Å². The molecule has 0 N–H and O–H groups in total. The number of hydrogen-bond donors (Lipinski definition) is 0. The predicted octanol–water partition coefficient (Wildman–Crippen LogP) is 4.02. The van der Waals surface area contributed by atoms with Crippen LogP contribution in [0.1, 0.15) is 22.7 Å². The summed E-state index contributed by atoms with van der Waals surface area (Å²) < 4.78 is 87.0. The molecule has 154 valence electrons. The molecule has 2 aliphatic rings. The van der Waals surface area contributed by atoms with Crippen molar-refractivity contribution in [3.8, 4) is 11.5 Å². The van der Waals surface area contributed by atoms with Crippen molar-refractivity contribution in [3.63, 3.8) is 0 Å². The summed E-state index contributed by atoms with van der Waals surface area (Å²) in [5.41, 5.74) is -0.593. The second kappa shape index (κ2) is 6.63. The minimum atomic E-state index is -5.26. The van der Waals surface area contributed by atoms with Gasteiger partial charge < -0.3 is 14.3 Å². The number of ether oxygens (including phenoxy) is 2. The van der Waals surface area contributed by atoms with Crippen molar-refractivity contribution in [3.05, 3.63) is 64.1 Å². The van der Waals surface area contributed by atoms with Gasteiger partial charge in [0.25, 0.3) is 0 Å². The summed E-state index contributed by atoms with van der Waals surface area (Å²) in [7, 11) is -3.88. The largest absolute Gasteiger partial charge is 0.454 e. The molecule has 0 spiro atoms. The fourth-order valence-electron chi connectivity index (χ4n) is 3.23. The lowest BCUT2D eigenvalue weighted by atomic mass is 10.0. The molecule has 2 heterocycles. The van der Waals surface area contributed by atoms with Gasteiger partial charge in [-0.05, 0) is 29.8 Å². The molecule has 0 bridgehead atoms. The summed E-state index contributed by atoms with van der Waals surface area (Å²) >= 11 is 0. The zero-order valence-corrected chi connectivity index (χ0v) is 15.6. The number of likely N-dealkylation sites (N-methyl/N-ethyl adjacent to an activating group) is 1. The van der Waals surface area contributed by atoms with Crippen molar-refractivity contribution in [2.75, 3.05) is 13.8 Å². The predicted molar refractivity (Wildman–Crippen MR) is 92.5 cm³/mol. The molecule has 0 saturated heterocycles. The molecule has 2 aliphatic heterocycles. The SMILES string of the molecule is CN1OC(c2ccc(C(F)(F)F)cc2)=C(S(=O)(=O)F)C1c1ccc2c(c1)OCO2. The third-order valence-electron chi connectivity index (χ3n) is 4.52. The average molecular weight is 431 g/mol. The topological polar surface area (TPSA) is 65.1 Å². The van der Waals surface area contributed by atoms with Crippen LogP contribution >= 0.6 is 0 Å². The van der Waals surface area contributed by atoms with Gasteiger partial charge >= 0.3 is 16.4 Å². The second-order valence-corrected chi connectivity index (χ2v) is 7.67. The van der Waals surface area contributed by atoms with Gasteiger partial charge in [0.1, 0.15) is 10.9 Å². The summed E-state index contributed by atoms with van der Waals surface area (Å²) in [6.45, 7) is -0.00327. The minimum Gasteiger partial charge on any atom is -0.454 e. The Morgan fingerprint density at radius 1 is 1.03 bits per heavy atom. The van der Waals surface area contributed by atoms with E-state index in [1.165, 1.54) is 19.2 Å². The fraction of sp³-hybridized carbons (Fsp3) is 0.222. The number of hydrogen-bond acceptors (Lipinski definition) is 6. The molecule has 1 unspecified atom stereocenters. The highest BCUT2D eigenvalue weighted by Crippen LogP contribution is 2.46. The summed E-state index contributed by atoms with van der Waals surface area (Å²) in [4.78, 5) is 4.73. The van der Waals surface area contributed by atoms with Crippen LogP contribution in [-0.4, -0.2) is 27.3 Å². The van der Waals surface area contributed by atoms with Crippen LogP contribution in [0.4, 0.5) is 17.1 Å². The normalized spacial score (nSPS) is 19.6. The van der Waals surface area contributed by atoms with Gasteiger partial charge in [0.2, 0.25) is 6.79 Å². The first-order valence-corrected chi connectivity index (χ1v) is 9.61. The molecule has 0 fully saturated rings. The molecule has 29 heavy (non-hydrogen) atoms.